The van der Waals surface area contributed by atoms with Crippen molar-refractivity contribution in [2.75, 3.05) is 19.8 Å². The number of hydrogen-bond acceptors (Lipinski definition) is 2. The number of rotatable bonds is 4. The van der Waals surface area contributed by atoms with Crippen molar-refractivity contribution in [3.8, 4) is 0 Å². The lowest BCUT2D eigenvalue weighted by Crippen LogP contribution is -2.07. The molecule has 1 atom stereocenters. The summed E-state index contributed by atoms with van der Waals surface area (Å²) in [7, 11) is -0.778. The first kappa shape index (κ1) is 9.15. The van der Waals surface area contributed by atoms with Gasteiger partial charge in [-0.2, -0.15) is 0 Å². The van der Waals surface area contributed by atoms with E-state index in [1.807, 2.05) is 13.8 Å². The fourth-order valence-corrected chi connectivity index (χ4v) is 1.57. The fourth-order valence-electron chi connectivity index (χ4n) is 0.522. The van der Waals surface area contributed by atoms with E-state index in [1.54, 1.807) is 7.05 Å². The predicted octanol–water partition coefficient (Wildman–Crippen LogP) is 1.46. The summed E-state index contributed by atoms with van der Waals surface area (Å²) in [6.07, 6.45) is 0.553. The molecule has 0 aromatic carbocycles. The Morgan fingerprint density at radius 2 is 2.11 bits per heavy atom. The monoisotopic (exact) mass is 151 g/mol. The minimum atomic E-state index is -2.43. The molecule has 0 fully saturated rings. The third-order valence-corrected chi connectivity index (χ3v) is 3.28. The van der Waals surface area contributed by atoms with E-state index in [-0.39, 0.29) is 0 Å². The van der Waals surface area contributed by atoms with Crippen LogP contribution in [0.5, 0.6) is 0 Å². The largest absolute Gasteiger partial charge is 0.318 e. The van der Waals surface area contributed by atoms with Crippen molar-refractivity contribution >= 4 is 7.52 Å². The van der Waals surface area contributed by atoms with E-state index in [0.29, 0.717) is 12.8 Å². The van der Waals surface area contributed by atoms with Crippen molar-refractivity contribution in [1.29, 1.82) is 0 Å². The highest BCUT2D eigenvalue weighted by molar-refractivity contribution is 7.56. The van der Waals surface area contributed by atoms with Crippen LogP contribution >= 0.6 is 7.52 Å². The maximum Gasteiger partial charge on any atom is 0.269 e. The van der Waals surface area contributed by atoms with Crippen LogP contribution in [0.4, 0.5) is 0 Å². The zero-order chi connectivity index (χ0) is 7.33. The van der Waals surface area contributed by atoms with Crippen molar-refractivity contribution < 1.29 is 9.09 Å². The lowest BCUT2D eigenvalue weighted by atomic mass is 10.9. The molecule has 0 radical (unpaired) electrons. The molecule has 0 saturated carbocycles. The smallest absolute Gasteiger partial charge is 0.269 e. The Kier molecular flexibility index (Phi) is 4.11. The molecule has 0 aliphatic rings. The molecule has 1 unspecified atom stereocenters. The summed E-state index contributed by atoms with van der Waals surface area (Å²) < 4.78 is 16.2. The summed E-state index contributed by atoms with van der Waals surface area (Å²) in [6.45, 7) is 4.18. The first-order chi connectivity index (χ1) is 4.18. The molecule has 0 aliphatic heterocycles. The van der Waals surface area contributed by atoms with Crippen LogP contribution in [0.15, 0.2) is 0 Å². The molecule has 0 aromatic heterocycles. The van der Waals surface area contributed by atoms with Crippen LogP contribution in [0.3, 0.4) is 0 Å². The van der Waals surface area contributed by atoms with Crippen LogP contribution in [0.1, 0.15) is 13.8 Å². The van der Waals surface area contributed by atoms with Gasteiger partial charge in [0.1, 0.15) is 0 Å². The van der Waals surface area contributed by atoms with E-state index in [2.05, 4.69) is 5.09 Å². The second-order valence-corrected chi connectivity index (χ2v) is 4.32. The molecule has 4 heteroatoms. The zero-order valence-corrected chi connectivity index (χ0v) is 7.07. The molecular formula is C5H14NO2P. The zero-order valence-electron chi connectivity index (χ0n) is 6.18. The van der Waals surface area contributed by atoms with Crippen LogP contribution in [-0.2, 0) is 9.09 Å². The molecule has 9 heavy (non-hydrogen) atoms. The van der Waals surface area contributed by atoms with E-state index in [1.165, 1.54) is 0 Å². The molecule has 3 nitrogen and oxygen atoms in total. The van der Waals surface area contributed by atoms with Gasteiger partial charge in [0.15, 0.2) is 0 Å². The van der Waals surface area contributed by atoms with E-state index in [4.69, 9.17) is 4.52 Å². The van der Waals surface area contributed by atoms with E-state index >= 15 is 0 Å². The van der Waals surface area contributed by atoms with Crippen LogP contribution in [-0.4, -0.2) is 19.8 Å². The van der Waals surface area contributed by atoms with Gasteiger partial charge in [0.05, 0.1) is 6.61 Å². The number of hydrogen-bond donors (Lipinski definition) is 1. The highest BCUT2D eigenvalue weighted by atomic mass is 31.2. The third kappa shape index (κ3) is 2.99. The molecule has 0 spiro atoms. The summed E-state index contributed by atoms with van der Waals surface area (Å²) in [4.78, 5) is 0. The molecule has 0 rings (SSSR count). The molecule has 0 bridgehead atoms. The van der Waals surface area contributed by atoms with Gasteiger partial charge in [-0.05, 0) is 14.0 Å². The van der Waals surface area contributed by atoms with Gasteiger partial charge in [-0.15, -0.1) is 0 Å². The molecule has 0 aromatic rings. The Hall–Kier alpha value is 0.150. The van der Waals surface area contributed by atoms with Crippen molar-refractivity contribution in [3.05, 3.63) is 0 Å². The Labute approximate surface area is 56.3 Å². The minimum absolute atomic E-state index is 0.506. The lowest BCUT2D eigenvalue weighted by Gasteiger charge is -2.13. The van der Waals surface area contributed by atoms with E-state index in [0.717, 1.165) is 0 Å². The summed E-state index contributed by atoms with van der Waals surface area (Å²) in [5.74, 6) is 0. The summed E-state index contributed by atoms with van der Waals surface area (Å²) >= 11 is 0. The second kappa shape index (κ2) is 4.04. The predicted molar refractivity (Wildman–Crippen MR) is 38.8 cm³/mol. The van der Waals surface area contributed by atoms with Crippen molar-refractivity contribution in [3.63, 3.8) is 0 Å². The van der Waals surface area contributed by atoms with Gasteiger partial charge in [0.25, 0.3) is 7.52 Å². The highest BCUT2D eigenvalue weighted by Gasteiger charge is 2.15. The molecule has 0 heterocycles. The quantitative estimate of drug-likeness (QED) is 0.618. The topological polar surface area (TPSA) is 38.3 Å². The molecule has 56 valence electrons. The normalized spacial score (nSPS) is 17.2. The molecule has 0 aliphatic carbocycles. The van der Waals surface area contributed by atoms with E-state index in [9.17, 15) is 4.57 Å². The average molecular weight is 151 g/mol. The van der Waals surface area contributed by atoms with Gasteiger partial charge in [-0.1, -0.05) is 6.92 Å². The lowest BCUT2D eigenvalue weighted by molar-refractivity contribution is 0.328. The van der Waals surface area contributed by atoms with Crippen molar-refractivity contribution in [2.24, 2.45) is 0 Å². The van der Waals surface area contributed by atoms with Crippen molar-refractivity contribution in [1.82, 2.24) is 5.09 Å². The van der Waals surface area contributed by atoms with Crippen LogP contribution in [0.25, 0.3) is 0 Å². The molecule has 1 N–H and O–H groups in total. The second-order valence-electron chi connectivity index (χ2n) is 1.63. The maximum atomic E-state index is 11.2. The Morgan fingerprint density at radius 3 is 2.22 bits per heavy atom. The standard InChI is InChI=1S/C5H14NO2P/c1-4-8-9(7,5-2)6-3/h4-5H2,1-3H3,(H,6,7). The van der Waals surface area contributed by atoms with Crippen molar-refractivity contribution in [2.45, 2.75) is 13.8 Å². The Bertz CT molecular complexity index is 108. The molecule has 0 saturated heterocycles. The Morgan fingerprint density at radius 1 is 1.56 bits per heavy atom. The van der Waals surface area contributed by atoms with Crippen LogP contribution in [0.2, 0.25) is 0 Å². The first-order valence-electron chi connectivity index (χ1n) is 3.11. The summed E-state index contributed by atoms with van der Waals surface area (Å²) in [6, 6.07) is 0. The average Bonchev–Trinajstić information content (AvgIpc) is 1.89. The summed E-state index contributed by atoms with van der Waals surface area (Å²) in [5.41, 5.74) is 0. The fraction of sp³-hybridized carbons (Fsp3) is 1.00. The SMILES string of the molecule is CCOP(=O)(CC)NC. The minimum Gasteiger partial charge on any atom is -0.318 e. The van der Waals surface area contributed by atoms with Gasteiger partial charge in [0.2, 0.25) is 0 Å². The van der Waals surface area contributed by atoms with E-state index < -0.39 is 7.52 Å². The van der Waals surface area contributed by atoms with Crippen LogP contribution < -0.4 is 5.09 Å². The first-order valence-corrected chi connectivity index (χ1v) is 4.92. The highest BCUT2D eigenvalue weighted by Crippen LogP contribution is 2.40. The Balaban J connectivity index is 3.78. The number of nitrogens with one attached hydrogen (secondary N) is 1. The van der Waals surface area contributed by atoms with Gasteiger partial charge in [0, 0.05) is 6.16 Å². The van der Waals surface area contributed by atoms with Gasteiger partial charge in [-0.25, -0.2) is 5.09 Å². The van der Waals surface area contributed by atoms with Gasteiger partial charge in [-0.3, -0.25) is 4.57 Å². The van der Waals surface area contributed by atoms with Crippen LogP contribution in [0, 0.1) is 0 Å². The van der Waals surface area contributed by atoms with Gasteiger partial charge >= 0.3 is 0 Å². The maximum absolute atomic E-state index is 11.2. The molecule has 0 amide bonds. The third-order valence-electron chi connectivity index (χ3n) is 1.09. The summed E-state index contributed by atoms with van der Waals surface area (Å²) in [5, 5.41) is 2.66. The molecular weight excluding hydrogens is 137 g/mol. The van der Waals surface area contributed by atoms with Gasteiger partial charge < -0.3 is 4.52 Å².